The lowest BCUT2D eigenvalue weighted by Gasteiger charge is -2.25. The Morgan fingerprint density at radius 2 is 1.50 bits per heavy atom. The van der Waals surface area contributed by atoms with Crippen LogP contribution in [0.2, 0.25) is 0 Å². The molecule has 0 aromatic heterocycles. The van der Waals surface area contributed by atoms with Gasteiger partial charge in [-0.3, -0.25) is 0 Å². The Hall–Kier alpha value is -3.00. The van der Waals surface area contributed by atoms with Crippen molar-refractivity contribution in [2.24, 2.45) is 0 Å². The molecule has 0 fully saturated rings. The lowest BCUT2D eigenvalue weighted by Crippen LogP contribution is -2.23. The zero-order valence-electron chi connectivity index (χ0n) is 18.7. The Kier molecular flexibility index (Phi) is 7.73. The van der Waals surface area contributed by atoms with Gasteiger partial charge in [-0.1, -0.05) is 54.6 Å². The Bertz CT molecular complexity index is 951. The van der Waals surface area contributed by atoms with Crippen molar-refractivity contribution < 1.29 is 0 Å². The summed E-state index contributed by atoms with van der Waals surface area (Å²) in [6.45, 7) is 12.8. The first-order valence-corrected chi connectivity index (χ1v) is 11.1. The van der Waals surface area contributed by atoms with Gasteiger partial charge in [-0.15, -0.1) is 0 Å². The first-order chi connectivity index (χ1) is 14.7. The molecule has 0 unspecified atom stereocenters. The smallest absolute Gasteiger partial charge is 0.0452 e. The molecule has 2 heteroatoms. The third-order valence-corrected chi connectivity index (χ3v) is 5.63. The highest BCUT2D eigenvalue weighted by Crippen LogP contribution is 2.33. The second kappa shape index (κ2) is 10.7. The number of hydrogen-bond donors (Lipinski definition) is 0. The van der Waals surface area contributed by atoms with Crippen molar-refractivity contribution in [2.75, 3.05) is 36.0 Å². The Balaban J connectivity index is 2.17. The zero-order chi connectivity index (χ0) is 21.3. The van der Waals surface area contributed by atoms with Crippen molar-refractivity contribution in [2.45, 2.75) is 27.7 Å². The summed E-state index contributed by atoms with van der Waals surface area (Å²) in [5.41, 5.74) is 7.44. The monoisotopic (exact) mass is 397 g/mol. The first kappa shape index (κ1) is 21.7. The van der Waals surface area contributed by atoms with Gasteiger partial charge in [0.2, 0.25) is 0 Å². The van der Waals surface area contributed by atoms with E-state index in [2.05, 4.69) is 116 Å². The molecule has 0 bridgehead atoms. The maximum Gasteiger partial charge on any atom is 0.0452 e. The molecule has 30 heavy (non-hydrogen) atoms. The average molecular weight is 398 g/mol. The minimum absolute atomic E-state index is 0.973. The van der Waals surface area contributed by atoms with E-state index < -0.39 is 0 Å². The summed E-state index contributed by atoms with van der Waals surface area (Å²) in [5, 5.41) is 0. The Morgan fingerprint density at radius 3 is 2.17 bits per heavy atom. The van der Waals surface area contributed by atoms with Crippen LogP contribution in [0, 0.1) is 6.07 Å². The zero-order valence-corrected chi connectivity index (χ0v) is 18.7. The van der Waals surface area contributed by atoms with Crippen LogP contribution in [-0.4, -0.2) is 26.2 Å². The summed E-state index contributed by atoms with van der Waals surface area (Å²) < 4.78 is 0. The normalized spacial score (nSPS) is 11.4. The van der Waals surface area contributed by atoms with Gasteiger partial charge in [0.1, 0.15) is 0 Å². The number of hydrogen-bond acceptors (Lipinski definition) is 2. The van der Waals surface area contributed by atoms with E-state index in [0.717, 1.165) is 26.2 Å². The summed E-state index contributed by atoms with van der Waals surface area (Å²) >= 11 is 0. The van der Waals surface area contributed by atoms with Crippen molar-refractivity contribution in [3.05, 3.63) is 95.6 Å². The fraction of sp³-hybridized carbons (Fsp3) is 0.286. The minimum Gasteiger partial charge on any atom is -0.372 e. The van der Waals surface area contributed by atoms with Crippen LogP contribution in [0.1, 0.15) is 44.4 Å². The molecular formula is C28H33N2. The second-order valence-corrected chi connectivity index (χ2v) is 7.31. The fourth-order valence-electron chi connectivity index (χ4n) is 3.98. The maximum atomic E-state index is 3.28. The first-order valence-electron chi connectivity index (χ1n) is 11.1. The summed E-state index contributed by atoms with van der Waals surface area (Å²) in [6, 6.07) is 29.2. The van der Waals surface area contributed by atoms with Gasteiger partial charge in [0.05, 0.1) is 0 Å². The van der Waals surface area contributed by atoms with Crippen LogP contribution >= 0.6 is 0 Å². The van der Waals surface area contributed by atoms with Gasteiger partial charge in [0, 0.05) is 43.1 Å². The van der Waals surface area contributed by atoms with Crippen LogP contribution in [-0.2, 0) is 0 Å². The van der Waals surface area contributed by atoms with E-state index in [0.29, 0.717) is 0 Å². The molecule has 0 heterocycles. The fourth-order valence-corrected chi connectivity index (χ4v) is 3.98. The average Bonchev–Trinajstić information content (AvgIpc) is 2.80. The van der Waals surface area contributed by atoms with Crippen LogP contribution in [0.25, 0.3) is 11.6 Å². The quantitative estimate of drug-likeness (QED) is 0.368. The molecule has 3 aromatic rings. The number of rotatable bonds is 9. The largest absolute Gasteiger partial charge is 0.372 e. The maximum absolute atomic E-state index is 3.28. The molecule has 0 aliphatic carbocycles. The third kappa shape index (κ3) is 4.94. The van der Waals surface area contributed by atoms with Crippen LogP contribution in [0.15, 0.2) is 72.8 Å². The molecule has 0 N–H and O–H groups in total. The van der Waals surface area contributed by atoms with Gasteiger partial charge in [-0.05, 0) is 74.7 Å². The van der Waals surface area contributed by atoms with Crippen LogP contribution in [0.3, 0.4) is 0 Å². The van der Waals surface area contributed by atoms with Crippen molar-refractivity contribution >= 4 is 23.0 Å². The molecule has 0 aliphatic heterocycles. The Labute approximate surface area is 182 Å². The number of nitrogens with zero attached hydrogens (tertiary/aromatic N) is 2. The molecule has 1 radical (unpaired) electrons. The van der Waals surface area contributed by atoms with Gasteiger partial charge in [-0.25, -0.2) is 0 Å². The van der Waals surface area contributed by atoms with Crippen molar-refractivity contribution in [1.29, 1.82) is 0 Å². The molecule has 155 valence electrons. The summed E-state index contributed by atoms with van der Waals surface area (Å²) in [6.07, 6.45) is 2.32. The molecule has 0 saturated heterocycles. The van der Waals surface area contributed by atoms with E-state index in [1.807, 2.05) is 6.07 Å². The molecule has 0 spiro atoms. The topological polar surface area (TPSA) is 6.48 Å². The van der Waals surface area contributed by atoms with Gasteiger partial charge < -0.3 is 9.80 Å². The van der Waals surface area contributed by atoms with Gasteiger partial charge in [0.25, 0.3) is 0 Å². The van der Waals surface area contributed by atoms with Crippen LogP contribution in [0.4, 0.5) is 11.4 Å². The second-order valence-electron chi connectivity index (χ2n) is 7.31. The number of benzene rings is 3. The van der Waals surface area contributed by atoms with Crippen molar-refractivity contribution in [1.82, 2.24) is 0 Å². The predicted molar refractivity (Wildman–Crippen MR) is 132 cm³/mol. The van der Waals surface area contributed by atoms with Crippen molar-refractivity contribution in [3.63, 3.8) is 0 Å². The van der Waals surface area contributed by atoms with E-state index >= 15 is 0 Å². The van der Waals surface area contributed by atoms with E-state index in [-0.39, 0.29) is 0 Å². The predicted octanol–water partition coefficient (Wildman–Crippen LogP) is 6.77. The van der Waals surface area contributed by atoms with Gasteiger partial charge in [0.15, 0.2) is 0 Å². The van der Waals surface area contributed by atoms with Crippen LogP contribution in [0.5, 0.6) is 0 Å². The highest BCUT2D eigenvalue weighted by Gasteiger charge is 2.14. The summed E-state index contributed by atoms with van der Waals surface area (Å²) in [4.78, 5) is 4.78. The molecule has 0 saturated carbocycles. The highest BCUT2D eigenvalue weighted by molar-refractivity contribution is 5.95. The lowest BCUT2D eigenvalue weighted by molar-refractivity contribution is 0.864. The van der Waals surface area contributed by atoms with E-state index in [1.54, 1.807) is 0 Å². The standard InChI is InChI=1S/C28H33N2/c1-5-29(6-2)25-18-14-15-23(21-25)22-27(24-16-10-9-11-17-24)26-19-12-13-20-28(26)30(7-3)8-4/h9-12,14-22H,5-8H2,1-4H3. The van der Waals surface area contributed by atoms with E-state index in [4.69, 9.17) is 0 Å². The van der Waals surface area contributed by atoms with Gasteiger partial charge >= 0.3 is 0 Å². The van der Waals surface area contributed by atoms with Crippen LogP contribution < -0.4 is 9.80 Å². The molecule has 0 atom stereocenters. The van der Waals surface area contributed by atoms with Crippen molar-refractivity contribution in [3.8, 4) is 0 Å². The number of anilines is 2. The van der Waals surface area contributed by atoms with Gasteiger partial charge in [-0.2, -0.15) is 0 Å². The minimum atomic E-state index is 0.973. The molecule has 2 nitrogen and oxygen atoms in total. The molecular weight excluding hydrogens is 364 g/mol. The highest BCUT2D eigenvalue weighted by atomic mass is 15.1. The Morgan fingerprint density at radius 1 is 0.800 bits per heavy atom. The molecule has 3 aromatic carbocycles. The molecule has 3 rings (SSSR count). The molecule has 0 aliphatic rings. The molecule has 0 amide bonds. The van der Waals surface area contributed by atoms with E-state index in [1.165, 1.54) is 33.6 Å². The summed E-state index contributed by atoms with van der Waals surface area (Å²) in [5.74, 6) is 0. The van der Waals surface area contributed by atoms with E-state index in [9.17, 15) is 0 Å². The third-order valence-electron chi connectivity index (χ3n) is 5.63. The lowest BCUT2D eigenvalue weighted by atomic mass is 9.93. The summed E-state index contributed by atoms with van der Waals surface area (Å²) in [7, 11) is 0. The SMILES string of the molecule is CCN(CC)c1cccc(C=C(c2ccccc2)c2cc[c]cc2N(CC)CC)c1.